The Bertz CT molecular complexity index is 506. The highest BCUT2D eigenvalue weighted by atomic mass is 15.1. The highest BCUT2D eigenvalue weighted by Crippen LogP contribution is 2.63. The third-order valence-electron chi connectivity index (χ3n) is 5.87. The van der Waals surface area contributed by atoms with Crippen LogP contribution in [-0.2, 0) is 0 Å². The minimum atomic E-state index is 0.363. The van der Waals surface area contributed by atoms with Gasteiger partial charge in [-0.05, 0) is 54.6 Å². The summed E-state index contributed by atoms with van der Waals surface area (Å²) in [5, 5.41) is 7.14. The maximum Gasteiger partial charge on any atom is 0.128 e. The second-order valence-corrected chi connectivity index (χ2v) is 7.83. The number of hydrogen-bond acceptors (Lipinski definition) is 3. The topological polar surface area (TPSA) is 37.0 Å². The highest BCUT2D eigenvalue weighted by molar-refractivity contribution is 5.46. The molecule has 2 fully saturated rings. The summed E-state index contributed by atoms with van der Waals surface area (Å²) in [6.07, 6.45) is 5.24. The molecule has 2 saturated carbocycles. The summed E-state index contributed by atoms with van der Waals surface area (Å²) in [7, 11) is 0. The van der Waals surface area contributed by atoms with Gasteiger partial charge >= 0.3 is 0 Å². The minimum absolute atomic E-state index is 0.363. The zero-order chi connectivity index (χ0) is 15.1. The summed E-state index contributed by atoms with van der Waals surface area (Å²) in [6, 6.07) is 6.77. The van der Waals surface area contributed by atoms with E-state index in [4.69, 9.17) is 4.98 Å². The summed E-state index contributed by atoms with van der Waals surface area (Å²) in [5.74, 6) is 2.86. The lowest BCUT2D eigenvalue weighted by molar-refractivity contribution is 0.155. The fraction of sp³-hybridized carbons (Fsp3) is 0.722. The quantitative estimate of drug-likeness (QED) is 0.835. The van der Waals surface area contributed by atoms with Crippen molar-refractivity contribution in [3.05, 3.63) is 18.2 Å². The van der Waals surface area contributed by atoms with Crippen molar-refractivity contribution in [2.75, 3.05) is 17.2 Å². The van der Waals surface area contributed by atoms with Crippen LogP contribution in [0.3, 0.4) is 0 Å². The lowest BCUT2D eigenvalue weighted by Gasteiger charge is -2.43. The molecule has 1 aromatic rings. The minimum Gasteiger partial charge on any atom is -0.370 e. The number of aromatic nitrogens is 1. The average Bonchev–Trinajstić information content (AvgIpc) is 2.93. The van der Waals surface area contributed by atoms with Crippen molar-refractivity contribution in [2.24, 2.45) is 16.7 Å². The molecule has 2 N–H and O–H groups in total. The van der Waals surface area contributed by atoms with E-state index in [-0.39, 0.29) is 0 Å². The molecular weight excluding hydrogens is 258 g/mol. The van der Waals surface area contributed by atoms with Gasteiger partial charge in [0, 0.05) is 12.6 Å². The van der Waals surface area contributed by atoms with Crippen molar-refractivity contribution in [3.63, 3.8) is 0 Å². The van der Waals surface area contributed by atoms with Gasteiger partial charge in [0.2, 0.25) is 0 Å². The Balaban J connectivity index is 1.77. The lowest BCUT2D eigenvalue weighted by Crippen LogP contribution is -2.45. The first kappa shape index (κ1) is 14.7. The second kappa shape index (κ2) is 5.19. The molecule has 0 radical (unpaired) electrons. The van der Waals surface area contributed by atoms with Crippen molar-refractivity contribution in [1.29, 1.82) is 0 Å². The molecule has 0 spiro atoms. The zero-order valence-corrected chi connectivity index (χ0v) is 13.9. The van der Waals surface area contributed by atoms with E-state index in [1.165, 1.54) is 19.3 Å². The number of rotatable bonds is 5. The fourth-order valence-electron chi connectivity index (χ4n) is 4.68. The predicted octanol–water partition coefficient (Wildman–Crippen LogP) is 4.53. The lowest BCUT2D eigenvalue weighted by atomic mass is 9.68. The molecule has 2 bridgehead atoms. The van der Waals surface area contributed by atoms with Crippen molar-refractivity contribution in [2.45, 2.75) is 59.4 Å². The number of nitrogens with one attached hydrogen (secondary N) is 2. The van der Waals surface area contributed by atoms with E-state index in [1.807, 2.05) is 0 Å². The fourth-order valence-corrected chi connectivity index (χ4v) is 4.68. The van der Waals surface area contributed by atoms with Gasteiger partial charge in [0.05, 0.1) is 0 Å². The third-order valence-corrected chi connectivity index (χ3v) is 5.87. The summed E-state index contributed by atoms with van der Waals surface area (Å²) in [4.78, 5) is 4.73. The Kier molecular flexibility index (Phi) is 3.62. The highest BCUT2D eigenvalue weighted by Gasteiger charge is 2.59. The van der Waals surface area contributed by atoms with Gasteiger partial charge in [0.25, 0.3) is 0 Å². The van der Waals surface area contributed by atoms with Crippen molar-refractivity contribution in [1.82, 2.24) is 4.98 Å². The Morgan fingerprint density at radius 2 is 2.00 bits per heavy atom. The van der Waals surface area contributed by atoms with E-state index in [0.29, 0.717) is 16.9 Å². The van der Waals surface area contributed by atoms with Gasteiger partial charge in [0.15, 0.2) is 0 Å². The van der Waals surface area contributed by atoms with Gasteiger partial charge in [-0.1, -0.05) is 33.8 Å². The smallest absolute Gasteiger partial charge is 0.128 e. The Labute approximate surface area is 128 Å². The molecule has 21 heavy (non-hydrogen) atoms. The number of nitrogens with zero attached hydrogens (tertiary/aromatic N) is 1. The van der Waals surface area contributed by atoms with Crippen LogP contribution in [0.4, 0.5) is 11.6 Å². The van der Waals surface area contributed by atoms with Gasteiger partial charge in [-0.3, -0.25) is 0 Å². The van der Waals surface area contributed by atoms with Gasteiger partial charge in [-0.25, -0.2) is 4.98 Å². The molecule has 3 nitrogen and oxygen atoms in total. The van der Waals surface area contributed by atoms with E-state index in [9.17, 15) is 0 Å². The standard InChI is InChI=1S/C18H29N3/c1-5-11-19-14-7-6-8-15(20-14)21-16-17(2,3)13-9-10-18(16,4)12-13/h6-8,13,16H,5,9-12H2,1-4H3,(H2,19,20,21). The Hall–Kier alpha value is -1.25. The molecule has 3 heteroatoms. The van der Waals surface area contributed by atoms with Crippen LogP contribution in [0.1, 0.15) is 53.4 Å². The Morgan fingerprint density at radius 3 is 2.67 bits per heavy atom. The molecule has 2 aliphatic carbocycles. The predicted molar refractivity (Wildman–Crippen MR) is 89.7 cm³/mol. The van der Waals surface area contributed by atoms with E-state index in [1.54, 1.807) is 0 Å². The van der Waals surface area contributed by atoms with E-state index >= 15 is 0 Å². The summed E-state index contributed by atoms with van der Waals surface area (Å²) < 4.78 is 0. The summed E-state index contributed by atoms with van der Waals surface area (Å²) >= 11 is 0. The molecule has 0 amide bonds. The first-order valence-corrected chi connectivity index (χ1v) is 8.43. The largest absolute Gasteiger partial charge is 0.370 e. The number of anilines is 2. The third kappa shape index (κ3) is 2.51. The first-order chi connectivity index (χ1) is 9.95. The number of fused-ring (bicyclic) bond motifs is 2. The zero-order valence-electron chi connectivity index (χ0n) is 13.9. The number of hydrogen-bond donors (Lipinski definition) is 2. The van der Waals surface area contributed by atoms with Crippen LogP contribution in [-0.4, -0.2) is 17.6 Å². The Morgan fingerprint density at radius 1 is 1.24 bits per heavy atom. The van der Waals surface area contributed by atoms with Gasteiger partial charge in [0.1, 0.15) is 11.6 Å². The monoisotopic (exact) mass is 287 g/mol. The van der Waals surface area contributed by atoms with Gasteiger partial charge in [-0.15, -0.1) is 0 Å². The van der Waals surface area contributed by atoms with Crippen LogP contribution in [0.15, 0.2) is 18.2 Å². The molecular formula is C18H29N3. The number of pyridine rings is 1. The molecule has 2 aliphatic rings. The van der Waals surface area contributed by atoms with Crippen molar-refractivity contribution < 1.29 is 0 Å². The van der Waals surface area contributed by atoms with Gasteiger partial charge < -0.3 is 10.6 Å². The van der Waals surface area contributed by atoms with Crippen LogP contribution in [0, 0.1) is 16.7 Å². The van der Waals surface area contributed by atoms with Crippen LogP contribution >= 0.6 is 0 Å². The molecule has 3 unspecified atom stereocenters. The SMILES string of the molecule is CCCNc1cccc(NC2C3(C)CCC(C3)C2(C)C)n1. The van der Waals surface area contributed by atoms with E-state index < -0.39 is 0 Å². The normalized spacial score (nSPS) is 33.1. The molecule has 3 atom stereocenters. The first-order valence-electron chi connectivity index (χ1n) is 8.43. The van der Waals surface area contributed by atoms with Crippen LogP contribution in [0.25, 0.3) is 0 Å². The summed E-state index contributed by atoms with van der Waals surface area (Å²) in [5.41, 5.74) is 0.796. The maximum absolute atomic E-state index is 4.73. The molecule has 1 heterocycles. The average molecular weight is 287 g/mol. The molecule has 1 aromatic heterocycles. The van der Waals surface area contributed by atoms with E-state index in [2.05, 4.69) is 56.5 Å². The van der Waals surface area contributed by atoms with Crippen LogP contribution in [0.5, 0.6) is 0 Å². The van der Waals surface area contributed by atoms with Crippen molar-refractivity contribution >= 4 is 11.6 Å². The maximum atomic E-state index is 4.73. The molecule has 116 valence electrons. The second-order valence-electron chi connectivity index (χ2n) is 7.83. The van der Waals surface area contributed by atoms with Crippen LogP contribution in [0.2, 0.25) is 0 Å². The molecule has 0 aromatic carbocycles. The molecule has 0 aliphatic heterocycles. The van der Waals surface area contributed by atoms with Crippen molar-refractivity contribution in [3.8, 4) is 0 Å². The van der Waals surface area contributed by atoms with Crippen LogP contribution < -0.4 is 10.6 Å². The van der Waals surface area contributed by atoms with Gasteiger partial charge in [-0.2, -0.15) is 0 Å². The summed E-state index contributed by atoms with van der Waals surface area (Å²) in [6.45, 7) is 10.5. The van der Waals surface area contributed by atoms with E-state index in [0.717, 1.165) is 30.5 Å². The molecule has 3 rings (SSSR count). The molecule has 0 saturated heterocycles.